The zero-order valence-electron chi connectivity index (χ0n) is 15.7. The van der Waals surface area contributed by atoms with Gasteiger partial charge >= 0.3 is 0 Å². The van der Waals surface area contributed by atoms with Crippen LogP contribution < -0.4 is 9.64 Å². The van der Waals surface area contributed by atoms with E-state index in [1.165, 1.54) is 11.5 Å². The largest absolute Gasteiger partial charge is 0.489 e. The van der Waals surface area contributed by atoms with Gasteiger partial charge in [0.2, 0.25) is 5.13 Å². The number of rotatable bonds is 6. The first-order chi connectivity index (χ1) is 12.5. The van der Waals surface area contributed by atoms with E-state index in [0.717, 1.165) is 28.0 Å². The van der Waals surface area contributed by atoms with E-state index in [2.05, 4.69) is 46.1 Å². The normalized spacial score (nSPS) is 11.2. The van der Waals surface area contributed by atoms with Crippen LogP contribution >= 0.6 is 11.5 Å². The molecule has 26 heavy (non-hydrogen) atoms. The predicted molar refractivity (Wildman–Crippen MR) is 105 cm³/mol. The second kappa shape index (κ2) is 7.78. The van der Waals surface area contributed by atoms with Gasteiger partial charge in [0.1, 0.15) is 17.3 Å². The summed E-state index contributed by atoms with van der Waals surface area (Å²) in [6.07, 6.45) is 3.63. The molecule has 0 saturated carbocycles. The molecule has 0 amide bonds. The van der Waals surface area contributed by atoms with Crippen LogP contribution in [0.25, 0.3) is 11.5 Å². The molecule has 0 aliphatic rings. The van der Waals surface area contributed by atoms with E-state index in [1.807, 2.05) is 32.0 Å². The second-order valence-corrected chi connectivity index (χ2v) is 7.28. The fourth-order valence-electron chi connectivity index (χ4n) is 2.56. The Morgan fingerprint density at radius 2 is 1.88 bits per heavy atom. The standard InChI is InChI=1S/C19H23N5OS/c1-12(2)24(18-14(5)7-6-10-20-18)19-22-17(23-26-19)16-9-8-15(11-21-16)25-13(3)4/h6-13H,1-5H3. The van der Waals surface area contributed by atoms with Crippen molar-refractivity contribution >= 4 is 22.5 Å². The van der Waals surface area contributed by atoms with Gasteiger partial charge in [0.05, 0.1) is 12.3 Å². The van der Waals surface area contributed by atoms with Crippen molar-refractivity contribution in [2.24, 2.45) is 0 Å². The Morgan fingerprint density at radius 1 is 1.08 bits per heavy atom. The van der Waals surface area contributed by atoms with Crippen LogP contribution in [0.2, 0.25) is 0 Å². The van der Waals surface area contributed by atoms with Gasteiger partial charge in [0, 0.05) is 23.8 Å². The average molecular weight is 369 g/mol. The van der Waals surface area contributed by atoms with Gasteiger partial charge in [-0.3, -0.25) is 4.90 Å². The molecule has 0 spiro atoms. The van der Waals surface area contributed by atoms with Crippen molar-refractivity contribution in [3.8, 4) is 17.3 Å². The van der Waals surface area contributed by atoms with Crippen molar-refractivity contribution in [1.29, 1.82) is 0 Å². The molecule has 7 heteroatoms. The van der Waals surface area contributed by atoms with Gasteiger partial charge in [-0.2, -0.15) is 9.36 Å². The lowest BCUT2D eigenvalue weighted by molar-refractivity contribution is 0.241. The second-order valence-electron chi connectivity index (χ2n) is 6.55. The maximum atomic E-state index is 5.63. The lowest BCUT2D eigenvalue weighted by atomic mass is 10.2. The Hall–Kier alpha value is -2.54. The van der Waals surface area contributed by atoms with Crippen LogP contribution in [0.5, 0.6) is 5.75 Å². The smallest absolute Gasteiger partial charge is 0.211 e. The predicted octanol–water partition coefficient (Wildman–Crippen LogP) is 4.64. The third-order valence-corrected chi connectivity index (χ3v) is 4.40. The summed E-state index contributed by atoms with van der Waals surface area (Å²) in [5, 5.41) is 0.807. The van der Waals surface area contributed by atoms with Crippen LogP contribution in [-0.4, -0.2) is 31.5 Å². The molecule has 3 aromatic heterocycles. The van der Waals surface area contributed by atoms with Crippen LogP contribution in [0.3, 0.4) is 0 Å². The first-order valence-corrected chi connectivity index (χ1v) is 9.40. The molecule has 0 fully saturated rings. The number of hydrogen-bond donors (Lipinski definition) is 0. The maximum Gasteiger partial charge on any atom is 0.211 e. The fourth-order valence-corrected chi connectivity index (χ4v) is 3.37. The van der Waals surface area contributed by atoms with E-state index >= 15 is 0 Å². The monoisotopic (exact) mass is 369 g/mol. The molecule has 3 heterocycles. The summed E-state index contributed by atoms with van der Waals surface area (Å²) in [6.45, 7) is 10.3. The number of hydrogen-bond acceptors (Lipinski definition) is 7. The number of nitrogens with zero attached hydrogens (tertiary/aromatic N) is 5. The van der Waals surface area contributed by atoms with E-state index in [1.54, 1.807) is 12.4 Å². The minimum absolute atomic E-state index is 0.118. The molecule has 0 atom stereocenters. The average Bonchev–Trinajstić information content (AvgIpc) is 3.06. The summed E-state index contributed by atoms with van der Waals surface area (Å²) < 4.78 is 10.1. The van der Waals surface area contributed by atoms with Gasteiger partial charge in [-0.25, -0.2) is 9.97 Å². The summed E-state index contributed by atoms with van der Waals surface area (Å²) in [7, 11) is 0. The molecule has 0 aliphatic carbocycles. The molecule has 136 valence electrons. The fraction of sp³-hybridized carbons (Fsp3) is 0.368. The van der Waals surface area contributed by atoms with Gasteiger partial charge < -0.3 is 4.74 Å². The number of ether oxygens (including phenoxy) is 1. The van der Waals surface area contributed by atoms with Crippen LogP contribution in [0, 0.1) is 6.92 Å². The third-order valence-electron chi connectivity index (χ3n) is 3.69. The highest BCUT2D eigenvalue weighted by atomic mass is 32.1. The minimum atomic E-state index is 0.118. The topological polar surface area (TPSA) is 64.0 Å². The zero-order chi connectivity index (χ0) is 18.7. The summed E-state index contributed by atoms with van der Waals surface area (Å²) in [5.74, 6) is 2.26. The van der Waals surface area contributed by atoms with Crippen molar-refractivity contribution in [2.75, 3.05) is 4.90 Å². The highest BCUT2D eigenvalue weighted by Gasteiger charge is 2.21. The Bertz CT molecular complexity index is 860. The zero-order valence-corrected chi connectivity index (χ0v) is 16.5. The van der Waals surface area contributed by atoms with E-state index in [9.17, 15) is 0 Å². The third kappa shape index (κ3) is 3.99. The molecular formula is C19H23N5OS. The molecule has 0 radical (unpaired) electrons. The molecule has 0 bridgehead atoms. The molecule has 3 rings (SSSR count). The maximum absolute atomic E-state index is 5.63. The summed E-state index contributed by atoms with van der Waals surface area (Å²) >= 11 is 1.35. The van der Waals surface area contributed by atoms with E-state index in [0.29, 0.717) is 5.82 Å². The number of aromatic nitrogens is 4. The quantitative estimate of drug-likeness (QED) is 0.631. The summed E-state index contributed by atoms with van der Waals surface area (Å²) in [4.78, 5) is 15.8. The lowest BCUT2D eigenvalue weighted by Gasteiger charge is -2.25. The van der Waals surface area contributed by atoms with Crippen molar-refractivity contribution in [3.05, 3.63) is 42.2 Å². The van der Waals surface area contributed by atoms with Crippen LogP contribution in [0.1, 0.15) is 33.3 Å². The lowest BCUT2D eigenvalue weighted by Crippen LogP contribution is -2.26. The van der Waals surface area contributed by atoms with Gasteiger partial charge in [-0.1, -0.05) is 6.07 Å². The number of anilines is 2. The van der Waals surface area contributed by atoms with Gasteiger partial charge in [0.15, 0.2) is 5.82 Å². The molecule has 0 saturated heterocycles. The van der Waals surface area contributed by atoms with Crippen LogP contribution in [0.15, 0.2) is 36.7 Å². The highest BCUT2D eigenvalue weighted by molar-refractivity contribution is 7.10. The van der Waals surface area contributed by atoms with Crippen molar-refractivity contribution in [1.82, 2.24) is 19.3 Å². The first kappa shape index (κ1) is 18.3. The Morgan fingerprint density at radius 3 is 2.50 bits per heavy atom. The van der Waals surface area contributed by atoms with Gasteiger partial charge in [0.25, 0.3) is 0 Å². The number of aryl methyl sites for hydroxylation is 1. The van der Waals surface area contributed by atoms with Crippen LogP contribution in [0.4, 0.5) is 10.9 Å². The van der Waals surface area contributed by atoms with E-state index in [4.69, 9.17) is 9.72 Å². The highest BCUT2D eigenvalue weighted by Crippen LogP contribution is 2.32. The van der Waals surface area contributed by atoms with Gasteiger partial charge in [-0.15, -0.1) is 0 Å². The Balaban J connectivity index is 1.89. The molecular weight excluding hydrogens is 346 g/mol. The Kier molecular flexibility index (Phi) is 5.46. The molecule has 0 aromatic carbocycles. The van der Waals surface area contributed by atoms with Crippen molar-refractivity contribution in [2.45, 2.75) is 46.8 Å². The molecule has 0 aliphatic heterocycles. The molecule has 3 aromatic rings. The number of pyridine rings is 2. The summed E-state index contributed by atoms with van der Waals surface area (Å²) in [5.41, 5.74) is 1.83. The van der Waals surface area contributed by atoms with E-state index < -0.39 is 0 Å². The first-order valence-electron chi connectivity index (χ1n) is 8.63. The summed E-state index contributed by atoms with van der Waals surface area (Å²) in [6, 6.07) is 7.98. The molecule has 0 N–H and O–H groups in total. The minimum Gasteiger partial charge on any atom is -0.489 e. The SMILES string of the molecule is Cc1cccnc1N(c1nc(-c2ccc(OC(C)C)cn2)ns1)C(C)C. The van der Waals surface area contributed by atoms with Gasteiger partial charge in [-0.05, 0) is 58.4 Å². The Labute approximate surface area is 158 Å². The van der Waals surface area contributed by atoms with Crippen molar-refractivity contribution in [3.63, 3.8) is 0 Å². The molecule has 6 nitrogen and oxygen atoms in total. The molecule has 0 unspecified atom stereocenters. The van der Waals surface area contributed by atoms with Crippen molar-refractivity contribution < 1.29 is 4.74 Å². The van der Waals surface area contributed by atoms with E-state index in [-0.39, 0.29) is 12.1 Å². The van der Waals surface area contributed by atoms with Crippen LogP contribution in [-0.2, 0) is 0 Å².